The van der Waals surface area contributed by atoms with Gasteiger partial charge in [0.2, 0.25) is 0 Å². The van der Waals surface area contributed by atoms with E-state index < -0.39 is 0 Å². The van der Waals surface area contributed by atoms with Crippen molar-refractivity contribution in [2.45, 2.75) is 0 Å². The van der Waals surface area contributed by atoms with Gasteiger partial charge in [-0.2, -0.15) is 0 Å². The van der Waals surface area contributed by atoms with Crippen LogP contribution in [0.4, 0.5) is 17.1 Å². The minimum Gasteiger partial charge on any atom is -0.456 e. The molecule has 0 saturated carbocycles. The van der Waals surface area contributed by atoms with Crippen molar-refractivity contribution in [2.24, 2.45) is 0 Å². The molecule has 0 radical (unpaired) electrons. The first kappa shape index (κ1) is 31.6. The summed E-state index contributed by atoms with van der Waals surface area (Å²) in [7, 11) is 0. The third-order valence-corrected chi connectivity index (χ3v) is 12.0. The lowest BCUT2D eigenvalue weighted by Gasteiger charge is -2.29. The van der Waals surface area contributed by atoms with E-state index in [4.69, 9.17) is 4.42 Å². The summed E-state index contributed by atoms with van der Waals surface area (Å²) in [5.74, 6) is 0. The maximum atomic E-state index is 6.87. The molecule has 0 aliphatic heterocycles. The summed E-state index contributed by atoms with van der Waals surface area (Å²) < 4.78 is 9.44. The van der Waals surface area contributed by atoms with Gasteiger partial charge in [-0.05, 0) is 93.2 Å². The average molecular weight is 720 g/mol. The molecule has 55 heavy (non-hydrogen) atoms. The summed E-state index contributed by atoms with van der Waals surface area (Å²) in [6.45, 7) is 0. The van der Waals surface area contributed by atoms with E-state index in [1.165, 1.54) is 53.2 Å². The monoisotopic (exact) mass is 719 g/mol. The maximum absolute atomic E-state index is 6.87. The van der Waals surface area contributed by atoms with Crippen LogP contribution < -0.4 is 4.90 Å². The second-order valence-electron chi connectivity index (χ2n) is 14.0. The first-order valence-electron chi connectivity index (χ1n) is 18.7. The predicted molar refractivity (Wildman–Crippen MR) is 235 cm³/mol. The fraction of sp³-hybridized carbons (Fsp3) is 0. The van der Waals surface area contributed by atoms with E-state index in [1.807, 2.05) is 11.3 Å². The number of benzene rings is 9. The molecular weight excluding hydrogens is 687 g/mol. The summed E-state index contributed by atoms with van der Waals surface area (Å²) in [4.78, 5) is 2.46. The number of furan rings is 1. The minimum absolute atomic E-state index is 0.858. The molecule has 0 saturated heterocycles. The van der Waals surface area contributed by atoms with Gasteiger partial charge in [0, 0.05) is 36.8 Å². The minimum atomic E-state index is 0.858. The molecule has 0 spiro atoms. The van der Waals surface area contributed by atoms with Crippen molar-refractivity contribution in [3.63, 3.8) is 0 Å². The van der Waals surface area contributed by atoms with Crippen molar-refractivity contribution >= 4 is 81.3 Å². The van der Waals surface area contributed by atoms with Crippen LogP contribution in [0, 0.1) is 0 Å². The van der Waals surface area contributed by atoms with Crippen LogP contribution >= 0.6 is 11.3 Å². The Hall–Kier alpha value is -6.94. The van der Waals surface area contributed by atoms with E-state index in [-0.39, 0.29) is 0 Å². The summed E-state index contributed by atoms with van der Waals surface area (Å²) in [6.07, 6.45) is 0. The van der Waals surface area contributed by atoms with Gasteiger partial charge in [0.05, 0.1) is 16.8 Å². The highest BCUT2D eigenvalue weighted by atomic mass is 32.1. The normalized spacial score (nSPS) is 11.6. The Morgan fingerprint density at radius 2 is 0.982 bits per heavy atom. The second-order valence-corrected chi connectivity index (χ2v) is 15.1. The smallest absolute Gasteiger partial charge is 0.137 e. The van der Waals surface area contributed by atoms with Crippen LogP contribution in [-0.2, 0) is 0 Å². The van der Waals surface area contributed by atoms with E-state index in [2.05, 4.69) is 205 Å². The number of nitrogens with zero attached hydrogens (tertiary/aromatic N) is 1. The molecule has 0 aliphatic carbocycles. The number of rotatable bonds is 6. The molecule has 0 atom stereocenters. The molecule has 0 aliphatic rings. The third-order valence-electron chi connectivity index (χ3n) is 10.9. The molecule has 9 aromatic carbocycles. The highest BCUT2D eigenvalue weighted by Gasteiger charge is 2.25. The fourth-order valence-corrected chi connectivity index (χ4v) is 9.44. The van der Waals surface area contributed by atoms with Crippen LogP contribution in [0.25, 0.3) is 86.3 Å². The van der Waals surface area contributed by atoms with Crippen molar-refractivity contribution in [3.8, 4) is 33.4 Å². The van der Waals surface area contributed by atoms with Gasteiger partial charge in [0.25, 0.3) is 0 Å². The first-order valence-corrected chi connectivity index (χ1v) is 19.5. The Labute approximate surface area is 322 Å². The largest absolute Gasteiger partial charge is 0.456 e. The molecule has 0 bridgehead atoms. The molecule has 258 valence electrons. The number of thiophene rings is 1. The molecule has 0 fully saturated rings. The van der Waals surface area contributed by atoms with Gasteiger partial charge in [0.15, 0.2) is 0 Å². The standard InChI is InChI=1S/C52H33NOS/c1-4-15-34(16-5-1)37-27-29-45(43(31-37)36-19-8-3-9-20-36)53(38-28-30-50-44(32-38)40-22-12-13-26-49(40)55-50)46-24-14-25-47-52(46)51-41-23-11-10-21-39(41)42(33-48(51)54-47)35-17-6-2-7-18-35/h1-33H. The van der Waals surface area contributed by atoms with Crippen molar-refractivity contribution in [1.29, 1.82) is 0 Å². The van der Waals surface area contributed by atoms with E-state index >= 15 is 0 Å². The Bertz CT molecular complexity index is 3200. The van der Waals surface area contributed by atoms with Crippen molar-refractivity contribution in [1.82, 2.24) is 0 Å². The molecule has 11 aromatic rings. The van der Waals surface area contributed by atoms with E-state index in [0.29, 0.717) is 0 Å². The summed E-state index contributed by atoms with van der Waals surface area (Å²) in [5.41, 5.74) is 12.0. The van der Waals surface area contributed by atoms with Crippen molar-refractivity contribution in [3.05, 3.63) is 200 Å². The maximum Gasteiger partial charge on any atom is 0.137 e. The molecule has 0 N–H and O–H groups in total. The first-order chi connectivity index (χ1) is 27.3. The molecule has 0 unspecified atom stereocenters. The zero-order valence-corrected chi connectivity index (χ0v) is 30.6. The van der Waals surface area contributed by atoms with Gasteiger partial charge in [-0.15, -0.1) is 11.3 Å². The number of fused-ring (bicyclic) bond motifs is 8. The van der Waals surface area contributed by atoms with Crippen molar-refractivity contribution in [2.75, 3.05) is 4.90 Å². The Morgan fingerprint density at radius 3 is 1.75 bits per heavy atom. The molecule has 2 aromatic heterocycles. The summed E-state index contributed by atoms with van der Waals surface area (Å²) in [6, 6.07) is 72.1. The van der Waals surface area contributed by atoms with Gasteiger partial charge in [-0.25, -0.2) is 0 Å². The van der Waals surface area contributed by atoms with Gasteiger partial charge in [-0.1, -0.05) is 146 Å². The van der Waals surface area contributed by atoms with Crippen molar-refractivity contribution < 1.29 is 4.42 Å². The second kappa shape index (κ2) is 12.9. The van der Waals surface area contributed by atoms with Gasteiger partial charge < -0.3 is 9.32 Å². The Balaban J connectivity index is 1.24. The average Bonchev–Trinajstić information content (AvgIpc) is 3.83. The number of anilines is 3. The van der Waals surface area contributed by atoms with Crippen LogP contribution in [-0.4, -0.2) is 0 Å². The Morgan fingerprint density at radius 1 is 0.345 bits per heavy atom. The van der Waals surface area contributed by atoms with E-state index in [9.17, 15) is 0 Å². The van der Waals surface area contributed by atoms with Crippen LogP contribution in [0.1, 0.15) is 0 Å². The van der Waals surface area contributed by atoms with Crippen LogP contribution in [0.2, 0.25) is 0 Å². The molecule has 2 nitrogen and oxygen atoms in total. The zero-order chi connectivity index (χ0) is 36.3. The summed E-state index contributed by atoms with van der Waals surface area (Å²) in [5, 5.41) is 7.12. The molecule has 0 amide bonds. The lowest BCUT2D eigenvalue weighted by molar-refractivity contribution is 0.669. The fourth-order valence-electron chi connectivity index (χ4n) is 8.36. The van der Waals surface area contributed by atoms with Gasteiger partial charge in [-0.3, -0.25) is 0 Å². The molecule has 2 heterocycles. The van der Waals surface area contributed by atoms with Gasteiger partial charge in [0.1, 0.15) is 11.2 Å². The van der Waals surface area contributed by atoms with E-state index in [1.54, 1.807) is 0 Å². The SMILES string of the molecule is c1ccc(-c2ccc(N(c3ccc4sc5ccccc5c4c3)c3cccc4oc5cc(-c6ccccc6)c6ccccc6c5c34)c(-c3ccccc3)c2)cc1. The quantitative estimate of drug-likeness (QED) is 0.170. The third kappa shape index (κ3) is 5.24. The van der Waals surface area contributed by atoms with E-state index in [0.717, 1.165) is 50.1 Å². The highest BCUT2D eigenvalue weighted by molar-refractivity contribution is 7.25. The van der Waals surface area contributed by atoms with Crippen LogP contribution in [0.15, 0.2) is 205 Å². The highest BCUT2D eigenvalue weighted by Crippen LogP contribution is 2.50. The number of hydrogen-bond donors (Lipinski definition) is 0. The molecule has 3 heteroatoms. The summed E-state index contributed by atoms with van der Waals surface area (Å²) >= 11 is 1.85. The predicted octanol–water partition coefficient (Wildman–Crippen LogP) is 15.6. The lowest BCUT2D eigenvalue weighted by atomic mass is 9.94. The molecule has 11 rings (SSSR count). The molecular formula is C52H33NOS. The Kier molecular flexibility index (Phi) is 7.39. The van der Waals surface area contributed by atoms with Crippen LogP contribution in [0.3, 0.4) is 0 Å². The number of hydrogen-bond acceptors (Lipinski definition) is 3. The zero-order valence-electron chi connectivity index (χ0n) is 29.8. The van der Waals surface area contributed by atoms with Gasteiger partial charge >= 0.3 is 0 Å². The lowest BCUT2D eigenvalue weighted by Crippen LogP contribution is -2.11. The topological polar surface area (TPSA) is 16.4 Å². The van der Waals surface area contributed by atoms with Crippen LogP contribution in [0.5, 0.6) is 0 Å².